The van der Waals surface area contributed by atoms with Crippen molar-refractivity contribution in [1.29, 1.82) is 0 Å². The maximum absolute atomic E-state index is 14.0. The molecule has 3 aromatic heterocycles. The van der Waals surface area contributed by atoms with E-state index in [0.29, 0.717) is 0 Å². The number of ether oxygens (including phenoxy) is 2. The topological polar surface area (TPSA) is 170 Å². The summed E-state index contributed by atoms with van der Waals surface area (Å²) < 4.78 is 55.3. The van der Waals surface area contributed by atoms with Crippen LogP contribution in [0, 0.1) is 0 Å². The molecule has 4 heterocycles. The molecule has 0 unspecified atom stereocenters. The summed E-state index contributed by atoms with van der Waals surface area (Å²) in [5, 5.41) is 47.7. The summed E-state index contributed by atoms with van der Waals surface area (Å²) in [4.78, 5) is 23.3. The van der Waals surface area contributed by atoms with Gasteiger partial charge in [-0.1, -0.05) is 16.8 Å². The Balaban J connectivity index is 1.47. The van der Waals surface area contributed by atoms with Gasteiger partial charge in [0.1, 0.15) is 47.4 Å². The number of nitrogens with zero attached hydrogens (tertiary/aromatic N) is 7. The van der Waals surface area contributed by atoms with E-state index in [0.717, 1.165) is 44.0 Å². The van der Waals surface area contributed by atoms with Gasteiger partial charge in [0.15, 0.2) is 0 Å². The van der Waals surface area contributed by atoms with Gasteiger partial charge < -0.3 is 24.8 Å². The number of benzene rings is 1. The number of hydrogen-bond donors (Lipinski definition) is 3. The fourth-order valence-electron chi connectivity index (χ4n) is 5.06. The van der Waals surface area contributed by atoms with Crippen LogP contribution < -0.4 is 5.06 Å². The Morgan fingerprint density at radius 2 is 1.80 bits per heavy atom. The first-order chi connectivity index (χ1) is 22.8. The molecule has 49 heavy (non-hydrogen) atoms. The molecule has 0 saturated carbocycles. The number of rotatable bonds is 7. The number of halogens is 4. The van der Waals surface area contributed by atoms with Crippen molar-refractivity contribution in [1.82, 2.24) is 29.8 Å². The molecule has 0 aliphatic carbocycles. The maximum Gasteiger partial charge on any atom is 0.441 e. The summed E-state index contributed by atoms with van der Waals surface area (Å²) in [7, 11) is 0. The molecule has 1 aromatic carbocycles. The first-order valence-electron chi connectivity index (χ1n) is 14.9. The highest BCUT2D eigenvalue weighted by Crippen LogP contribution is 2.41. The monoisotopic (exact) mass is 729 g/mol. The van der Waals surface area contributed by atoms with Crippen LogP contribution in [0.4, 0.5) is 23.1 Å². The largest absolute Gasteiger partial charge is 0.442 e. The maximum atomic E-state index is 14.0. The van der Waals surface area contributed by atoms with Gasteiger partial charge in [-0.25, -0.2) is 19.1 Å². The van der Waals surface area contributed by atoms with Gasteiger partial charge in [0, 0.05) is 16.6 Å². The predicted octanol–water partition coefficient (Wildman–Crippen LogP) is 5.13. The second-order valence-corrected chi connectivity index (χ2v) is 14.4. The van der Waals surface area contributed by atoms with E-state index in [1.165, 1.54) is 18.5 Å². The second kappa shape index (κ2) is 13.6. The van der Waals surface area contributed by atoms with E-state index >= 15 is 0 Å². The van der Waals surface area contributed by atoms with Crippen LogP contribution in [0.2, 0.25) is 5.02 Å². The van der Waals surface area contributed by atoms with E-state index in [-0.39, 0.29) is 27.2 Å². The van der Waals surface area contributed by atoms with Crippen LogP contribution in [0.5, 0.6) is 0 Å². The van der Waals surface area contributed by atoms with E-state index in [1.54, 1.807) is 46.9 Å². The molecule has 5 atom stereocenters. The molecule has 19 heteroatoms. The molecule has 0 spiro atoms. The molecular weight excluding hydrogens is 695 g/mol. The van der Waals surface area contributed by atoms with E-state index in [2.05, 4.69) is 20.4 Å². The summed E-state index contributed by atoms with van der Waals surface area (Å²) >= 11 is 7.11. The predicted molar refractivity (Wildman–Crippen MR) is 170 cm³/mol. The number of carbonyl (C=O) groups is 1. The SMILES string of the molecule is CC(C)(C)OC(=O)N(OC(C)(C)C)c1nc(-c2cn([C@H]3[C@@H](O)[C@@H](CO)O[C@@H](c4ccnn4-c4cc(Cl)ccc4C(F)(F)F)[C@@H]3O)nn2)cs1. The highest BCUT2D eigenvalue weighted by atomic mass is 35.5. The highest BCUT2D eigenvalue weighted by molar-refractivity contribution is 7.14. The van der Waals surface area contributed by atoms with Gasteiger partial charge in [0.2, 0.25) is 5.13 Å². The molecule has 0 bridgehead atoms. The van der Waals surface area contributed by atoms with E-state index in [9.17, 15) is 33.3 Å². The third-order valence-corrected chi connectivity index (χ3v) is 8.06. The summed E-state index contributed by atoms with van der Waals surface area (Å²) in [5.41, 5.74) is -2.63. The van der Waals surface area contributed by atoms with Crippen LogP contribution in [-0.4, -0.2) is 87.3 Å². The molecule has 0 radical (unpaired) electrons. The van der Waals surface area contributed by atoms with Crippen molar-refractivity contribution in [2.75, 3.05) is 11.7 Å². The first kappa shape index (κ1) is 36.6. The lowest BCUT2D eigenvalue weighted by Crippen LogP contribution is -2.53. The normalized spacial score (nSPS) is 21.9. The van der Waals surface area contributed by atoms with Gasteiger partial charge in [-0.2, -0.15) is 18.3 Å². The van der Waals surface area contributed by atoms with Crippen molar-refractivity contribution >= 4 is 34.2 Å². The Kier molecular flexibility index (Phi) is 10.1. The second-order valence-electron chi connectivity index (χ2n) is 13.2. The van der Waals surface area contributed by atoms with Crippen LogP contribution in [0.15, 0.2) is 42.0 Å². The minimum absolute atomic E-state index is 0.00983. The fourth-order valence-corrected chi connectivity index (χ4v) is 5.97. The van der Waals surface area contributed by atoms with Crippen molar-refractivity contribution in [2.24, 2.45) is 0 Å². The third-order valence-electron chi connectivity index (χ3n) is 7.02. The molecule has 4 aromatic rings. The molecule has 5 rings (SSSR count). The highest BCUT2D eigenvalue weighted by Gasteiger charge is 2.48. The summed E-state index contributed by atoms with van der Waals surface area (Å²) in [6, 6.07) is 3.03. The Morgan fingerprint density at radius 1 is 1.08 bits per heavy atom. The molecular formula is C30H35ClF3N7O7S. The molecule has 1 saturated heterocycles. The molecule has 3 N–H and O–H groups in total. The van der Waals surface area contributed by atoms with Crippen molar-refractivity contribution in [3.63, 3.8) is 0 Å². The minimum Gasteiger partial charge on any atom is -0.442 e. The van der Waals surface area contributed by atoms with Gasteiger partial charge >= 0.3 is 12.3 Å². The van der Waals surface area contributed by atoms with Crippen LogP contribution in [0.25, 0.3) is 17.1 Å². The molecule has 266 valence electrons. The van der Waals surface area contributed by atoms with Gasteiger partial charge in [-0.15, -0.1) is 21.5 Å². The zero-order valence-electron chi connectivity index (χ0n) is 27.2. The van der Waals surface area contributed by atoms with Gasteiger partial charge in [-0.05, 0) is 65.8 Å². The molecule has 1 amide bonds. The summed E-state index contributed by atoms with van der Waals surface area (Å²) in [6.45, 7) is 9.67. The van der Waals surface area contributed by atoms with Crippen molar-refractivity contribution in [2.45, 2.75) is 89.4 Å². The Labute approximate surface area is 287 Å². The van der Waals surface area contributed by atoms with E-state index < -0.39 is 71.8 Å². The number of amides is 1. The third kappa shape index (κ3) is 8.06. The Morgan fingerprint density at radius 3 is 2.43 bits per heavy atom. The molecule has 14 nitrogen and oxygen atoms in total. The van der Waals surface area contributed by atoms with Gasteiger partial charge in [-0.3, -0.25) is 4.84 Å². The number of thiazole rings is 1. The van der Waals surface area contributed by atoms with Gasteiger partial charge in [0.25, 0.3) is 0 Å². The Bertz CT molecular complexity index is 1790. The van der Waals surface area contributed by atoms with Crippen molar-refractivity contribution in [3.8, 4) is 17.1 Å². The smallest absolute Gasteiger partial charge is 0.441 e. The lowest BCUT2D eigenvalue weighted by Gasteiger charge is -2.42. The summed E-state index contributed by atoms with van der Waals surface area (Å²) in [5.74, 6) is 0. The lowest BCUT2D eigenvalue weighted by atomic mass is 9.91. The molecule has 1 aliphatic rings. The number of aromatic nitrogens is 6. The molecule has 1 aliphatic heterocycles. The van der Waals surface area contributed by atoms with Crippen LogP contribution >= 0.6 is 22.9 Å². The summed E-state index contributed by atoms with van der Waals surface area (Å²) in [6.07, 6.45) is -8.82. The first-order valence-corrected chi connectivity index (χ1v) is 16.2. The minimum atomic E-state index is -4.77. The standard InChI is InChI=1S/C30H35ClF3N7O7S/c1-28(2,3)47-27(45)41(48-29(4,5)6)26-36-18(14-49-26)17-12-39(38-37-17)22-23(43)21(13-42)46-25(24(22)44)19-9-10-35-40(19)20-11-15(31)7-8-16(20)30(32,33)34/h7-12,14,21-25,42-44H,13H2,1-6H3/t21-,22+,23+,24-,25+/m1/s1. The van der Waals surface area contributed by atoms with E-state index in [1.807, 2.05) is 0 Å². The number of hydrogen-bond acceptors (Lipinski definition) is 12. The van der Waals surface area contributed by atoms with Gasteiger partial charge in [0.05, 0.1) is 35.3 Å². The Hall–Kier alpha value is -3.65. The number of alkyl halides is 3. The van der Waals surface area contributed by atoms with Crippen LogP contribution in [-0.2, 0) is 20.5 Å². The van der Waals surface area contributed by atoms with Crippen LogP contribution in [0.1, 0.15) is 64.9 Å². The average molecular weight is 730 g/mol. The van der Waals surface area contributed by atoms with Crippen LogP contribution in [0.3, 0.4) is 0 Å². The number of carbonyl (C=O) groups excluding carboxylic acids is 1. The zero-order valence-corrected chi connectivity index (χ0v) is 28.7. The molecule has 1 fully saturated rings. The fraction of sp³-hybridized carbons (Fsp3) is 0.500. The number of anilines is 1. The zero-order chi connectivity index (χ0) is 36.1. The van der Waals surface area contributed by atoms with Crippen molar-refractivity contribution < 1.29 is 47.6 Å². The quantitative estimate of drug-likeness (QED) is 0.216. The average Bonchev–Trinajstić information content (AvgIpc) is 3.75. The van der Waals surface area contributed by atoms with Crippen molar-refractivity contribution in [3.05, 3.63) is 58.3 Å². The number of aliphatic hydroxyl groups excluding tert-OH is 3. The number of aliphatic hydroxyl groups is 3. The van der Waals surface area contributed by atoms with E-state index in [4.69, 9.17) is 25.9 Å². The number of hydroxylamine groups is 1. The lowest BCUT2D eigenvalue weighted by molar-refractivity contribution is -0.209.